The van der Waals surface area contributed by atoms with Gasteiger partial charge in [0.05, 0.1) is 33.1 Å². The van der Waals surface area contributed by atoms with Gasteiger partial charge in [-0.1, -0.05) is 146 Å². The fourth-order valence-electron chi connectivity index (χ4n) is 15.5. The number of hydrogen-bond acceptors (Lipinski definition) is 4. The molecule has 91 heavy (non-hydrogen) atoms. The van der Waals surface area contributed by atoms with Gasteiger partial charge in [0.1, 0.15) is 0 Å². The van der Waals surface area contributed by atoms with Crippen LogP contribution in [0, 0.1) is 0 Å². The fourth-order valence-corrected chi connectivity index (χ4v) is 18.9. The summed E-state index contributed by atoms with van der Waals surface area (Å²) in [4.78, 5) is 2.43. The first-order valence-electron chi connectivity index (χ1n) is 31.0. The summed E-state index contributed by atoms with van der Waals surface area (Å²) in [6.45, 7) is 0. The summed E-state index contributed by atoms with van der Waals surface area (Å²) in [5.74, 6) is 0. The Kier molecular flexibility index (Phi) is 10.3. The van der Waals surface area contributed by atoms with Crippen molar-refractivity contribution >= 4 is 209 Å². The molecule has 0 atom stereocenters. The highest BCUT2D eigenvalue weighted by molar-refractivity contribution is 7.27. The zero-order valence-electron chi connectivity index (χ0n) is 48.7. The molecule has 0 amide bonds. The third-order valence-electron chi connectivity index (χ3n) is 19.5. The van der Waals surface area contributed by atoms with Gasteiger partial charge in [0.2, 0.25) is 0 Å². The van der Waals surface area contributed by atoms with E-state index in [4.69, 9.17) is 0 Å². The molecule has 0 aliphatic rings. The lowest BCUT2D eigenvalue weighted by Gasteiger charge is -2.26. The van der Waals surface area contributed by atoms with Crippen LogP contribution in [0.5, 0.6) is 0 Å². The van der Waals surface area contributed by atoms with Crippen LogP contribution in [0.25, 0.3) is 175 Å². The molecule has 0 saturated carbocycles. The van der Waals surface area contributed by atoms with Gasteiger partial charge in [-0.3, -0.25) is 0 Å². The molecule has 21 aromatic rings. The zero-order chi connectivity index (χ0) is 59.2. The maximum atomic E-state index is 2.51. The molecule has 21 rings (SSSR count). The third-order valence-corrected chi connectivity index (χ3v) is 22.9. The maximum absolute atomic E-state index is 2.51. The lowest BCUT2D eigenvalue weighted by Crippen LogP contribution is -2.10. The van der Waals surface area contributed by atoms with Crippen molar-refractivity contribution < 1.29 is 0 Å². The van der Waals surface area contributed by atoms with Crippen LogP contribution >= 0.6 is 34.0 Å². The van der Waals surface area contributed by atoms with Crippen LogP contribution in [-0.2, 0) is 0 Å². The van der Waals surface area contributed by atoms with Crippen molar-refractivity contribution in [2.24, 2.45) is 0 Å². The van der Waals surface area contributed by atoms with E-state index in [0.29, 0.717) is 0 Å². The van der Waals surface area contributed by atoms with Crippen molar-refractivity contribution in [3.63, 3.8) is 0 Å². The number of anilines is 3. The van der Waals surface area contributed by atoms with E-state index in [1.807, 2.05) is 34.0 Å². The lowest BCUT2D eigenvalue weighted by atomic mass is 10.0. The minimum absolute atomic E-state index is 1.06. The standard InChI is InChI=1S/C84H48N4S3/c1-4-16-52-46-76-67(43-49(52)13-1)79-73(89-76)40-37-64-61-19-7-10-22-70(61)86(82(64)79)58-31-25-55(26-32-58)85(56-27-33-59(34-28-56)87-71-23-11-8-20-62(71)65-38-41-74-80(83(65)87)68-44-50-14-2-5-17-53(50)47-77(68)90-74)57-29-35-60(36-30-57)88-72-24-12-9-21-63(72)66-39-42-75-81(84(66)88)69-45-51-15-3-6-18-54(51)48-78(69)91-75/h1-48H. The molecule has 15 aromatic carbocycles. The molecule has 0 bridgehead atoms. The molecule has 0 unspecified atom stereocenters. The Morgan fingerprint density at radius 3 is 0.769 bits per heavy atom. The van der Waals surface area contributed by atoms with E-state index in [1.165, 1.54) is 158 Å². The number of para-hydroxylation sites is 3. The second kappa shape index (κ2) is 18.7. The van der Waals surface area contributed by atoms with Gasteiger partial charge in [-0.15, -0.1) is 34.0 Å². The summed E-state index contributed by atoms with van der Waals surface area (Å²) in [5, 5.41) is 22.9. The van der Waals surface area contributed by atoms with Crippen LogP contribution in [0.15, 0.2) is 291 Å². The van der Waals surface area contributed by atoms with Gasteiger partial charge >= 0.3 is 0 Å². The molecule has 0 aliphatic carbocycles. The van der Waals surface area contributed by atoms with Crippen LogP contribution in [-0.4, -0.2) is 13.7 Å². The van der Waals surface area contributed by atoms with Gasteiger partial charge < -0.3 is 18.6 Å². The van der Waals surface area contributed by atoms with Gasteiger partial charge in [-0.25, -0.2) is 0 Å². The monoisotopic (exact) mass is 1210 g/mol. The summed E-state index contributed by atoms with van der Waals surface area (Å²) in [7, 11) is 0. The van der Waals surface area contributed by atoms with Crippen molar-refractivity contribution in [2.75, 3.05) is 4.90 Å². The van der Waals surface area contributed by atoms with Crippen LogP contribution < -0.4 is 4.90 Å². The number of benzene rings is 15. The fraction of sp³-hybridized carbons (Fsp3) is 0. The Hall–Kier alpha value is -11.1. The number of fused-ring (bicyclic) bond motifs is 24. The number of nitrogens with zero attached hydrogens (tertiary/aromatic N) is 4. The highest BCUT2D eigenvalue weighted by Gasteiger charge is 2.24. The minimum Gasteiger partial charge on any atom is -0.310 e. The molecule has 0 radical (unpaired) electrons. The molecule has 6 aromatic heterocycles. The summed E-state index contributed by atoms with van der Waals surface area (Å²) in [6, 6.07) is 109. The topological polar surface area (TPSA) is 18.0 Å². The van der Waals surface area contributed by atoms with Crippen LogP contribution in [0.3, 0.4) is 0 Å². The Morgan fingerprint density at radius 2 is 0.473 bits per heavy atom. The Morgan fingerprint density at radius 1 is 0.209 bits per heavy atom. The normalized spacial score (nSPS) is 12.4. The Balaban J connectivity index is 0.758. The summed E-state index contributed by atoms with van der Waals surface area (Å²) < 4.78 is 15.3. The van der Waals surface area contributed by atoms with E-state index in [9.17, 15) is 0 Å². The van der Waals surface area contributed by atoms with Gasteiger partial charge in [-0.2, -0.15) is 0 Å². The largest absolute Gasteiger partial charge is 0.310 e. The maximum Gasteiger partial charge on any atom is 0.0634 e. The van der Waals surface area contributed by atoms with Crippen molar-refractivity contribution in [1.82, 2.24) is 13.7 Å². The average molecular weight is 1210 g/mol. The Labute approximate surface area is 532 Å². The predicted octanol–water partition coefficient (Wildman–Crippen LogP) is 25.0. The number of thiophene rings is 3. The number of aromatic nitrogens is 3. The molecule has 0 fully saturated rings. The van der Waals surface area contributed by atoms with E-state index in [0.717, 1.165) is 34.1 Å². The molecule has 0 saturated heterocycles. The second-order valence-corrected chi connectivity index (χ2v) is 27.6. The van der Waals surface area contributed by atoms with Gasteiger partial charge in [-0.05, 0) is 178 Å². The molecular weight excluding hydrogens is 1160 g/mol. The minimum atomic E-state index is 1.06. The average Bonchev–Trinajstić information content (AvgIpc) is 1.60. The molecule has 0 spiro atoms. The predicted molar refractivity (Wildman–Crippen MR) is 395 cm³/mol. The van der Waals surface area contributed by atoms with E-state index >= 15 is 0 Å². The molecule has 6 heterocycles. The highest BCUT2D eigenvalue weighted by Crippen LogP contribution is 2.49. The first kappa shape index (κ1) is 49.9. The zero-order valence-corrected chi connectivity index (χ0v) is 51.2. The molecule has 0 aliphatic heterocycles. The molecule has 0 N–H and O–H groups in total. The van der Waals surface area contributed by atoms with Crippen molar-refractivity contribution in [3.8, 4) is 17.1 Å². The van der Waals surface area contributed by atoms with E-state index in [1.54, 1.807) is 0 Å². The molecule has 7 heteroatoms. The smallest absolute Gasteiger partial charge is 0.0634 e. The van der Waals surface area contributed by atoms with Gasteiger partial charge in [0.25, 0.3) is 0 Å². The Bertz CT molecular complexity index is 6040. The van der Waals surface area contributed by atoms with Crippen LogP contribution in [0.1, 0.15) is 0 Å². The van der Waals surface area contributed by atoms with E-state index in [-0.39, 0.29) is 0 Å². The van der Waals surface area contributed by atoms with Crippen LogP contribution in [0.4, 0.5) is 17.1 Å². The summed E-state index contributed by atoms with van der Waals surface area (Å²) in [5.41, 5.74) is 13.9. The van der Waals surface area contributed by atoms with Crippen LogP contribution in [0.2, 0.25) is 0 Å². The number of hydrogen-bond donors (Lipinski definition) is 0. The number of rotatable bonds is 6. The van der Waals surface area contributed by atoms with Gasteiger partial charge in [0.15, 0.2) is 0 Å². The molecular formula is C84H48N4S3. The second-order valence-electron chi connectivity index (χ2n) is 24.3. The van der Waals surface area contributed by atoms with E-state index < -0.39 is 0 Å². The van der Waals surface area contributed by atoms with E-state index in [2.05, 4.69) is 310 Å². The van der Waals surface area contributed by atoms with Crippen molar-refractivity contribution in [2.45, 2.75) is 0 Å². The lowest BCUT2D eigenvalue weighted by molar-refractivity contribution is 1.16. The quantitative estimate of drug-likeness (QED) is 0.162. The summed E-state index contributed by atoms with van der Waals surface area (Å²) >= 11 is 5.67. The highest BCUT2D eigenvalue weighted by atomic mass is 32.1. The summed E-state index contributed by atoms with van der Waals surface area (Å²) in [6.07, 6.45) is 0. The van der Waals surface area contributed by atoms with Crippen molar-refractivity contribution in [1.29, 1.82) is 0 Å². The molecule has 422 valence electrons. The van der Waals surface area contributed by atoms with Gasteiger partial charge in [0, 0.05) is 127 Å². The molecule has 4 nitrogen and oxygen atoms in total. The third kappa shape index (κ3) is 7.13. The first-order chi connectivity index (χ1) is 45.1. The SMILES string of the molecule is c1ccc2cc3c(cc2c1)sc1ccc2c4ccccc4n(-c4ccc(N(c5ccc(-n6c7ccccc7c7ccc8sc9cc%10ccccc%10cc9c8c76)cc5)c5ccc(-n6c7ccccc7c7ccc8sc9cc%10ccccc%10cc9c8c76)cc5)cc4)c2c13. The first-order valence-corrected chi connectivity index (χ1v) is 33.5. The van der Waals surface area contributed by atoms with Crippen molar-refractivity contribution in [3.05, 3.63) is 291 Å².